The van der Waals surface area contributed by atoms with E-state index in [4.69, 9.17) is 4.74 Å². The molecule has 1 aromatic carbocycles. The summed E-state index contributed by atoms with van der Waals surface area (Å²) in [5.74, 6) is 0.500. The van der Waals surface area contributed by atoms with E-state index < -0.39 is 23.8 Å². The number of amides is 3. The minimum atomic E-state index is -0.957. The zero-order chi connectivity index (χ0) is 29.9. The number of hydrogen-bond donors (Lipinski definition) is 3. The van der Waals surface area contributed by atoms with Gasteiger partial charge < -0.3 is 25.4 Å². The van der Waals surface area contributed by atoms with Crippen LogP contribution >= 0.6 is 11.8 Å². The average molecular weight is 578 g/mol. The van der Waals surface area contributed by atoms with Crippen LogP contribution in [0.3, 0.4) is 0 Å². The summed E-state index contributed by atoms with van der Waals surface area (Å²) >= 11 is 1.58. The average Bonchev–Trinajstić information content (AvgIpc) is 2.87. The fourth-order valence-electron chi connectivity index (χ4n) is 5.10. The van der Waals surface area contributed by atoms with Gasteiger partial charge in [-0.15, -0.1) is 0 Å². The van der Waals surface area contributed by atoms with Gasteiger partial charge in [0, 0.05) is 12.1 Å². The lowest BCUT2D eigenvalue weighted by atomic mass is 9.93. The quantitative estimate of drug-likeness (QED) is 0.258. The van der Waals surface area contributed by atoms with Gasteiger partial charge in [-0.05, 0) is 95.4 Å². The van der Waals surface area contributed by atoms with Gasteiger partial charge in [-0.2, -0.15) is 11.8 Å². The standard InChI is InChI=1S/C31H51N3O5S/c1-21(2)16-17-22(3)34(29(37)26(18-19-40-7)33-30(38)39-31(4,5)6)27(23-12-11-15-25(35)20-23)28(36)32-24-13-9-8-10-14-24/h11-12,15,20-22,24,26-27,35H,8-10,13-14,16-19H2,1-7H3,(H,32,36)(H,33,38). The van der Waals surface area contributed by atoms with E-state index in [1.165, 1.54) is 0 Å². The topological polar surface area (TPSA) is 108 Å². The molecule has 226 valence electrons. The second-order valence-corrected chi connectivity index (χ2v) is 13.4. The van der Waals surface area contributed by atoms with Gasteiger partial charge in [-0.1, -0.05) is 45.2 Å². The molecule has 1 aliphatic carbocycles. The molecule has 3 amide bonds. The predicted molar refractivity (Wildman–Crippen MR) is 162 cm³/mol. The number of hydrogen-bond acceptors (Lipinski definition) is 6. The zero-order valence-corrected chi connectivity index (χ0v) is 26.3. The molecule has 8 nitrogen and oxygen atoms in total. The van der Waals surface area contributed by atoms with Crippen molar-refractivity contribution < 1.29 is 24.2 Å². The molecule has 2 rings (SSSR count). The van der Waals surface area contributed by atoms with Crippen LogP contribution in [0.1, 0.15) is 105 Å². The summed E-state index contributed by atoms with van der Waals surface area (Å²) in [6.07, 6.45) is 8.34. The van der Waals surface area contributed by atoms with Crippen molar-refractivity contribution >= 4 is 29.7 Å². The Balaban J connectivity index is 2.53. The Bertz CT molecular complexity index is 959. The van der Waals surface area contributed by atoms with Crippen LogP contribution in [0, 0.1) is 5.92 Å². The molecule has 3 atom stereocenters. The molecule has 0 aliphatic heterocycles. The molecule has 0 aromatic heterocycles. The number of phenolic OH excluding ortho intramolecular Hbond substituents is 1. The maximum atomic E-state index is 14.4. The lowest BCUT2D eigenvalue weighted by Crippen LogP contribution is -2.56. The van der Waals surface area contributed by atoms with Crippen LogP contribution in [0.15, 0.2) is 24.3 Å². The van der Waals surface area contributed by atoms with Crippen LogP contribution in [0.2, 0.25) is 0 Å². The summed E-state index contributed by atoms with van der Waals surface area (Å²) in [5.41, 5.74) is -0.176. The number of benzene rings is 1. The molecule has 1 aliphatic rings. The largest absolute Gasteiger partial charge is 0.508 e. The van der Waals surface area contributed by atoms with E-state index in [-0.39, 0.29) is 29.6 Å². The first-order chi connectivity index (χ1) is 18.8. The maximum absolute atomic E-state index is 14.4. The molecule has 0 saturated heterocycles. The van der Waals surface area contributed by atoms with Gasteiger partial charge in [0.15, 0.2) is 0 Å². The highest BCUT2D eigenvalue weighted by Crippen LogP contribution is 2.30. The Labute approximate surface area is 245 Å². The number of aromatic hydroxyl groups is 1. The third kappa shape index (κ3) is 11.2. The minimum Gasteiger partial charge on any atom is -0.508 e. The monoisotopic (exact) mass is 577 g/mol. The highest BCUT2D eigenvalue weighted by molar-refractivity contribution is 7.98. The molecule has 0 bridgehead atoms. The highest BCUT2D eigenvalue weighted by atomic mass is 32.2. The number of carbonyl (C=O) groups excluding carboxylic acids is 3. The number of ether oxygens (including phenoxy) is 1. The molecular formula is C31H51N3O5S. The third-order valence-corrected chi connectivity index (χ3v) is 7.80. The number of nitrogens with one attached hydrogen (secondary N) is 2. The molecule has 1 saturated carbocycles. The van der Waals surface area contributed by atoms with Gasteiger partial charge in [-0.25, -0.2) is 4.79 Å². The molecule has 1 aromatic rings. The van der Waals surface area contributed by atoms with Crippen molar-refractivity contribution in [2.45, 2.75) is 123 Å². The number of alkyl carbamates (subject to hydrolysis) is 1. The Hall–Kier alpha value is -2.42. The predicted octanol–water partition coefficient (Wildman–Crippen LogP) is 6.18. The van der Waals surface area contributed by atoms with Crippen molar-refractivity contribution in [3.05, 3.63) is 29.8 Å². The van der Waals surface area contributed by atoms with Crippen LogP contribution in [0.5, 0.6) is 5.75 Å². The third-order valence-electron chi connectivity index (χ3n) is 7.15. The van der Waals surface area contributed by atoms with Gasteiger partial charge in [-0.3, -0.25) is 9.59 Å². The van der Waals surface area contributed by atoms with E-state index in [0.717, 1.165) is 38.5 Å². The number of carbonyl (C=O) groups is 3. The van der Waals surface area contributed by atoms with Crippen molar-refractivity contribution in [1.82, 2.24) is 15.5 Å². The smallest absolute Gasteiger partial charge is 0.408 e. The molecule has 0 radical (unpaired) electrons. The summed E-state index contributed by atoms with van der Waals surface area (Å²) in [4.78, 5) is 42.9. The van der Waals surface area contributed by atoms with Crippen LogP contribution in [-0.2, 0) is 14.3 Å². The molecular weight excluding hydrogens is 526 g/mol. The summed E-state index contributed by atoms with van der Waals surface area (Å²) in [6, 6.07) is 4.51. The summed E-state index contributed by atoms with van der Waals surface area (Å²) in [5, 5.41) is 16.4. The van der Waals surface area contributed by atoms with Crippen LogP contribution in [-0.4, -0.2) is 63.6 Å². The molecule has 3 N–H and O–H groups in total. The molecule has 40 heavy (non-hydrogen) atoms. The zero-order valence-electron chi connectivity index (χ0n) is 25.5. The Morgan fingerprint density at radius 3 is 2.33 bits per heavy atom. The molecule has 0 heterocycles. The second kappa shape index (κ2) is 16.1. The molecule has 9 heteroatoms. The Morgan fingerprint density at radius 1 is 1.07 bits per heavy atom. The number of nitrogens with zero attached hydrogens (tertiary/aromatic N) is 1. The maximum Gasteiger partial charge on any atom is 0.408 e. The first-order valence-electron chi connectivity index (χ1n) is 14.7. The molecule has 0 spiro atoms. The molecule has 1 fully saturated rings. The summed E-state index contributed by atoms with van der Waals surface area (Å²) in [6.45, 7) is 11.6. The van der Waals surface area contributed by atoms with E-state index in [1.54, 1.807) is 61.7 Å². The van der Waals surface area contributed by atoms with Crippen LogP contribution in [0.4, 0.5) is 4.79 Å². The van der Waals surface area contributed by atoms with Gasteiger partial charge >= 0.3 is 6.09 Å². The van der Waals surface area contributed by atoms with Gasteiger partial charge in [0.05, 0.1) is 0 Å². The Morgan fingerprint density at radius 2 is 1.75 bits per heavy atom. The number of rotatable bonds is 13. The lowest BCUT2D eigenvalue weighted by molar-refractivity contribution is -0.145. The van der Waals surface area contributed by atoms with E-state index in [9.17, 15) is 19.5 Å². The van der Waals surface area contributed by atoms with Crippen LogP contribution in [0.25, 0.3) is 0 Å². The molecule has 3 unspecified atom stereocenters. The minimum absolute atomic E-state index is 0.0287. The van der Waals surface area contributed by atoms with E-state index >= 15 is 0 Å². The lowest BCUT2D eigenvalue weighted by Gasteiger charge is -2.39. The fourth-order valence-corrected chi connectivity index (χ4v) is 5.57. The first kappa shape index (κ1) is 33.8. The summed E-state index contributed by atoms with van der Waals surface area (Å²) < 4.78 is 5.49. The van der Waals surface area contributed by atoms with Gasteiger partial charge in [0.2, 0.25) is 11.8 Å². The van der Waals surface area contributed by atoms with Crippen molar-refractivity contribution in [3.8, 4) is 5.75 Å². The van der Waals surface area contributed by atoms with Gasteiger partial charge in [0.25, 0.3) is 0 Å². The van der Waals surface area contributed by atoms with E-state index in [0.29, 0.717) is 30.1 Å². The number of thioether (sulfide) groups is 1. The van der Waals surface area contributed by atoms with Crippen molar-refractivity contribution in [2.24, 2.45) is 5.92 Å². The highest BCUT2D eigenvalue weighted by Gasteiger charge is 2.39. The Kier molecular flexibility index (Phi) is 13.6. The van der Waals surface area contributed by atoms with Crippen molar-refractivity contribution in [3.63, 3.8) is 0 Å². The first-order valence-corrected chi connectivity index (χ1v) is 16.1. The van der Waals surface area contributed by atoms with E-state index in [1.807, 2.05) is 13.2 Å². The normalized spacial score (nSPS) is 16.6. The van der Waals surface area contributed by atoms with Gasteiger partial charge in [0.1, 0.15) is 23.4 Å². The number of phenols is 1. The van der Waals surface area contributed by atoms with Crippen molar-refractivity contribution in [1.29, 1.82) is 0 Å². The van der Waals surface area contributed by atoms with E-state index in [2.05, 4.69) is 24.5 Å². The van der Waals surface area contributed by atoms with Crippen molar-refractivity contribution in [2.75, 3.05) is 12.0 Å². The SMILES string of the molecule is CSCCC(NC(=O)OC(C)(C)C)C(=O)N(C(C)CCC(C)C)C(C(=O)NC1CCCCC1)c1cccc(O)c1. The van der Waals surface area contributed by atoms with Crippen LogP contribution < -0.4 is 10.6 Å². The summed E-state index contributed by atoms with van der Waals surface area (Å²) in [7, 11) is 0. The fraction of sp³-hybridized carbons (Fsp3) is 0.710. The second-order valence-electron chi connectivity index (χ2n) is 12.4.